The lowest BCUT2D eigenvalue weighted by Gasteiger charge is -2.22. The molecule has 0 aliphatic carbocycles. The van der Waals surface area contributed by atoms with Crippen molar-refractivity contribution >= 4 is 16.0 Å². The molecule has 0 saturated heterocycles. The van der Waals surface area contributed by atoms with Crippen molar-refractivity contribution in [2.45, 2.75) is 31.2 Å². The fourth-order valence-electron chi connectivity index (χ4n) is 1.70. The second-order valence-corrected chi connectivity index (χ2v) is 6.64. The van der Waals surface area contributed by atoms with Crippen molar-refractivity contribution < 1.29 is 22.7 Å². The second kappa shape index (κ2) is 6.20. The first-order chi connectivity index (χ1) is 9.62. The molecule has 0 bridgehead atoms. The van der Waals surface area contributed by atoms with Crippen LogP contribution in [0.5, 0.6) is 0 Å². The number of rotatable bonds is 5. The van der Waals surface area contributed by atoms with Gasteiger partial charge in [0.1, 0.15) is 5.82 Å². The Hall–Kier alpha value is -1.98. The molecule has 0 amide bonds. The van der Waals surface area contributed by atoms with Gasteiger partial charge in [-0.2, -0.15) is 9.57 Å². The summed E-state index contributed by atoms with van der Waals surface area (Å²) in [7, 11) is -2.72. The maximum Gasteiger partial charge on any atom is 0.338 e. The summed E-state index contributed by atoms with van der Waals surface area (Å²) in [5, 5.41) is 17.5. The van der Waals surface area contributed by atoms with E-state index in [4.69, 9.17) is 10.4 Å². The zero-order valence-electron chi connectivity index (χ0n) is 11.8. The predicted molar refractivity (Wildman–Crippen MR) is 72.7 cm³/mol. The summed E-state index contributed by atoms with van der Waals surface area (Å²) in [4.78, 5) is 10.7. The van der Waals surface area contributed by atoms with Gasteiger partial charge >= 0.3 is 5.97 Å². The summed E-state index contributed by atoms with van der Waals surface area (Å²) < 4.78 is 39.4. The van der Waals surface area contributed by atoms with Crippen LogP contribution in [0, 0.1) is 24.1 Å². The number of nitriles is 1. The zero-order valence-corrected chi connectivity index (χ0v) is 12.6. The molecule has 0 aromatic heterocycles. The minimum Gasteiger partial charge on any atom is -0.478 e. The van der Waals surface area contributed by atoms with E-state index in [1.807, 2.05) is 6.07 Å². The third-order valence-electron chi connectivity index (χ3n) is 3.14. The first-order valence-electron chi connectivity index (χ1n) is 6.01. The van der Waals surface area contributed by atoms with Crippen LogP contribution in [0.2, 0.25) is 0 Å². The van der Waals surface area contributed by atoms with Crippen molar-refractivity contribution in [1.29, 1.82) is 5.26 Å². The van der Waals surface area contributed by atoms with Crippen molar-refractivity contribution in [3.05, 3.63) is 29.1 Å². The summed E-state index contributed by atoms with van der Waals surface area (Å²) in [5.41, 5.74) is -0.773. The van der Waals surface area contributed by atoms with Gasteiger partial charge < -0.3 is 5.11 Å². The molecule has 1 atom stereocenters. The van der Waals surface area contributed by atoms with Gasteiger partial charge in [0.2, 0.25) is 10.0 Å². The van der Waals surface area contributed by atoms with Gasteiger partial charge in [-0.15, -0.1) is 0 Å². The van der Waals surface area contributed by atoms with Crippen LogP contribution < -0.4 is 0 Å². The Morgan fingerprint density at radius 3 is 2.57 bits per heavy atom. The fraction of sp³-hybridized carbons (Fsp3) is 0.385. The molecular formula is C13H15FN2O4S. The van der Waals surface area contributed by atoms with E-state index in [0.29, 0.717) is 0 Å². The van der Waals surface area contributed by atoms with Gasteiger partial charge in [-0.1, -0.05) is 0 Å². The van der Waals surface area contributed by atoms with Crippen LogP contribution in [0.15, 0.2) is 17.0 Å². The monoisotopic (exact) mass is 314 g/mol. The highest BCUT2D eigenvalue weighted by Gasteiger charge is 2.27. The minimum absolute atomic E-state index is 0.0122. The Morgan fingerprint density at radius 2 is 2.10 bits per heavy atom. The molecule has 21 heavy (non-hydrogen) atoms. The number of hydrogen-bond donors (Lipinski definition) is 1. The van der Waals surface area contributed by atoms with Gasteiger partial charge in [0.15, 0.2) is 0 Å². The van der Waals surface area contributed by atoms with Gasteiger partial charge in [0.05, 0.1) is 22.9 Å². The molecule has 0 heterocycles. The number of aryl methyl sites for hydroxylation is 1. The van der Waals surface area contributed by atoms with Crippen LogP contribution in [0.1, 0.15) is 29.3 Å². The largest absolute Gasteiger partial charge is 0.478 e. The first-order valence-corrected chi connectivity index (χ1v) is 7.45. The van der Waals surface area contributed by atoms with E-state index >= 15 is 0 Å². The normalized spacial score (nSPS) is 13.0. The summed E-state index contributed by atoms with van der Waals surface area (Å²) in [6, 6.07) is 3.14. The molecule has 0 aliphatic heterocycles. The van der Waals surface area contributed by atoms with Crippen LogP contribution in [-0.4, -0.2) is 36.9 Å². The zero-order chi connectivity index (χ0) is 16.4. The number of aromatic carboxylic acids is 1. The average molecular weight is 314 g/mol. The Kier molecular flexibility index (Phi) is 5.04. The third kappa shape index (κ3) is 3.37. The number of benzene rings is 1. The van der Waals surface area contributed by atoms with Crippen molar-refractivity contribution in [2.75, 3.05) is 7.05 Å². The maximum absolute atomic E-state index is 13.7. The van der Waals surface area contributed by atoms with Crippen LogP contribution >= 0.6 is 0 Å². The Labute approximate surface area is 122 Å². The Morgan fingerprint density at radius 1 is 1.52 bits per heavy atom. The smallest absolute Gasteiger partial charge is 0.338 e. The standard InChI is InChI=1S/C13H15FN2O4S/c1-8-6-10(7-11(12(8)14)13(17)18)21(19,20)16(3)9(2)4-5-15/h6-7,9H,4H2,1-3H3,(H,17,18). The lowest BCUT2D eigenvalue weighted by Crippen LogP contribution is -2.35. The van der Waals surface area contributed by atoms with Crippen LogP contribution in [-0.2, 0) is 10.0 Å². The van der Waals surface area contributed by atoms with Crippen molar-refractivity contribution in [3.63, 3.8) is 0 Å². The van der Waals surface area contributed by atoms with Gasteiger partial charge in [0, 0.05) is 13.1 Å². The lowest BCUT2D eigenvalue weighted by molar-refractivity contribution is 0.0691. The van der Waals surface area contributed by atoms with E-state index in [-0.39, 0.29) is 16.9 Å². The number of carboxylic acid groups (broad SMARTS) is 1. The summed E-state index contributed by atoms with van der Waals surface area (Å²) in [5.74, 6) is -2.51. The van der Waals surface area contributed by atoms with E-state index in [1.54, 1.807) is 6.92 Å². The predicted octanol–water partition coefficient (Wildman–Crippen LogP) is 1.76. The number of nitrogens with zero attached hydrogens (tertiary/aromatic N) is 2. The number of hydrogen-bond acceptors (Lipinski definition) is 4. The average Bonchev–Trinajstić information content (AvgIpc) is 2.40. The fourth-order valence-corrected chi connectivity index (χ4v) is 3.18. The van der Waals surface area contributed by atoms with Crippen molar-refractivity contribution in [3.8, 4) is 6.07 Å². The molecular weight excluding hydrogens is 299 g/mol. The van der Waals surface area contributed by atoms with Crippen LogP contribution in [0.3, 0.4) is 0 Å². The quantitative estimate of drug-likeness (QED) is 0.892. The molecule has 1 rings (SSSR count). The number of sulfonamides is 1. The minimum atomic E-state index is -4.00. The number of carbonyl (C=O) groups is 1. The van der Waals surface area contributed by atoms with Gasteiger partial charge in [-0.05, 0) is 31.5 Å². The SMILES string of the molecule is Cc1cc(S(=O)(=O)N(C)C(C)CC#N)cc(C(=O)O)c1F. The van der Waals surface area contributed by atoms with Crippen molar-refractivity contribution in [1.82, 2.24) is 4.31 Å². The van der Waals surface area contributed by atoms with Gasteiger partial charge in [-0.25, -0.2) is 17.6 Å². The molecule has 0 saturated carbocycles. The molecule has 1 unspecified atom stereocenters. The van der Waals surface area contributed by atoms with E-state index in [1.165, 1.54) is 14.0 Å². The molecule has 0 spiro atoms. The molecule has 8 heteroatoms. The Balaban J connectivity index is 3.40. The van der Waals surface area contributed by atoms with Gasteiger partial charge in [0.25, 0.3) is 0 Å². The van der Waals surface area contributed by atoms with Crippen LogP contribution in [0.4, 0.5) is 4.39 Å². The number of carboxylic acids is 1. The Bertz CT molecular complexity index is 710. The maximum atomic E-state index is 13.7. The molecule has 1 aromatic rings. The third-order valence-corrected chi connectivity index (χ3v) is 5.09. The summed E-state index contributed by atoms with van der Waals surface area (Å²) in [6.45, 7) is 2.84. The van der Waals surface area contributed by atoms with E-state index < -0.39 is 33.4 Å². The van der Waals surface area contributed by atoms with E-state index in [0.717, 1.165) is 16.4 Å². The molecule has 1 N–H and O–H groups in total. The second-order valence-electron chi connectivity index (χ2n) is 4.64. The van der Waals surface area contributed by atoms with E-state index in [2.05, 4.69) is 0 Å². The van der Waals surface area contributed by atoms with Crippen molar-refractivity contribution in [2.24, 2.45) is 0 Å². The van der Waals surface area contributed by atoms with Gasteiger partial charge in [-0.3, -0.25) is 0 Å². The van der Waals surface area contributed by atoms with E-state index in [9.17, 15) is 17.6 Å². The summed E-state index contributed by atoms with van der Waals surface area (Å²) >= 11 is 0. The molecule has 114 valence electrons. The summed E-state index contributed by atoms with van der Waals surface area (Å²) in [6.07, 6.45) is -0.0122. The topological polar surface area (TPSA) is 98.5 Å². The molecule has 0 fully saturated rings. The first kappa shape index (κ1) is 17.1. The van der Waals surface area contributed by atoms with Crippen LogP contribution in [0.25, 0.3) is 0 Å². The number of halogens is 1. The molecule has 0 aliphatic rings. The highest BCUT2D eigenvalue weighted by Crippen LogP contribution is 2.23. The molecule has 6 nitrogen and oxygen atoms in total. The molecule has 0 radical (unpaired) electrons. The highest BCUT2D eigenvalue weighted by atomic mass is 32.2. The molecule has 1 aromatic carbocycles. The lowest BCUT2D eigenvalue weighted by atomic mass is 10.1. The highest BCUT2D eigenvalue weighted by molar-refractivity contribution is 7.89.